The number of aromatic nitrogens is 2. The van der Waals surface area contributed by atoms with E-state index in [-0.39, 0.29) is 37.8 Å². The normalized spacial score (nSPS) is 23.4. The predicted molar refractivity (Wildman–Crippen MR) is 92.1 cm³/mol. The molecule has 1 amide bonds. The molecule has 26 heavy (non-hydrogen) atoms. The lowest BCUT2D eigenvalue weighted by molar-refractivity contribution is -0.138. The fraction of sp³-hybridized carbons (Fsp3) is 0.611. The van der Waals surface area contributed by atoms with Gasteiger partial charge < -0.3 is 14.2 Å². The number of hydrogen-bond acceptors (Lipinski definition) is 5. The second-order valence-electron chi connectivity index (χ2n) is 7.22. The molecule has 2 fully saturated rings. The second kappa shape index (κ2) is 6.81. The highest BCUT2D eigenvalue weighted by Gasteiger charge is 2.36. The van der Waals surface area contributed by atoms with Gasteiger partial charge in [-0.3, -0.25) is 4.79 Å². The smallest absolute Gasteiger partial charge is 0.299 e. The summed E-state index contributed by atoms with van der Waals surface area (Å²) in [6.07, 6.45) is 3.50. The first-order valence-corrected chi connectivity index (χ1v) is 9.12. The van der Waals surface area contributed by atoms with Crippen LogP contribution in [0.5, 0.6) is 0 Å². The molecule has 4 heterocycles. The molecule has 4 rings (SSSR count). The summed E-state index contributed by atoms with van der Waals surface area (Å²) in [5.74, 6) is -2.47. The van der Waals surface area contributed by atoms with Gasteiger partial charge in [-0.25, -0.2) is 13.8 Å². The monoisotopic (exact) mass is 364 g/mol. The van der Waals surface area contributed by atoms with E-state index in [1.165, 1.54) is 0 Å². The van der Waals surface area contributed by atoms with Crippen LogP contribution in [0.4, 0.5) is 14.8 Å². The van der Waals surface area contributed by atoms with Crippen molar-refractivity contribution in [3.63, 3.8) is 0 Å². The van der Waals surface area contributed by atoms with Gasteiger partial charge in [-0.2, -0.15) is 4.98 Å². The molecule has 0 aromatic carbocycles. The van der Waals surface area contributed by atoms with Crippen molar-refractivity contribution >= 4 is 23.2 Å². The molecular formula is C18H22F2N4O2. The molecule has 0 bridgehead atoms. The number of amides is 1. The van der Waals surface area contributed by atoms with Crippen LogP contribution in [0.25, 0.3) is 11.2 Å². The molecule has 1 atom stereocenters. The fourth-order valence-electron chi connectivity index (χ4n) is 3.76. The van der Waals surface area contributed by atoms with E-state index >= 15 is 0 Å². The lowest BCUT2D eigenvalue weighted by Gasteiger charge is -2.35. The van der Waals surface area contributed by atoms with E-state index in [1.54, 1.807) is 17.2 Å². The van der Waals surface area contributed by atoms with Crippen molar-refractivity contribution < 1.29 is 18.0 Å². The van der Waals surface area contributed by atoms with Gasteiger partial charge in [0, 0.05) is 51.6 Å². The number of oxazole rings is 1. The lowest BCUT2D eigenvalue weighted by Crippen LogP contribution is -2.44. The van der Waals surface area contributed by atoms with Crippen molar-refractivity contribution in [2.75, 3.05) is 31.1 Å². The molecule has 2 aromatic rings. The summed E-state index contributed by atoms with van der Waals surface area (Å²) in [7, 11) is 0. The first-order chi connectivity index (χ1) is 12.5. The zero-order chi connectivity index (χ0) is 18.1. The number of carbonyl (C=O) groups excluding carboxylic acids is 1. The highest BCUT2D eigenvalue weighted by atomic mass is 19.3. The van der Waals surface area contributed by atoms with Crippen LogP contribution in [0.2, 0.25) is 0 Å². The minimum absolute atomic E-state index is 0.0217. The SMILES string of the molecule is O=C(CC1CCCN(c2nc3ncccc3o2)C1)N1CCC(F)(F)CC1. The van der Waals surface area contributed by atoms with E-state index in [2.05, 4.69) is 9.97 Å². The van der Waals surface area contributed by atoms with Gasteiger partial charge in [0.2, 0.25) is 11.6 Å². The average molecular weight is 364 g/mol. The van der Waals surface area contributed by atoms with Crippen molar-refractivity contribution in [3.8, 4) is 0 Å². The molecule has 2 aliphatic heterocycles. The van der Waals surface area contributed by atoms with E-state index < -0.39 is 5.92 Å². The van der Waals surface area contributed by atoms with Crippen LogP contribution in [0.3, 0.4) is 0 Å². The van der Waals surface area contributed by atoms with Crippen LogP contribution in [0, 0.1) is 5.92 Å². The van der Waals surface area contributed by atoms with E-state index in [0.717, 1.165) is 19.4 Å². The predicted octanol–water partition coefficient (Wildman–Crippen LogP) is 3.09. The maximum atomic E-state index is 13.3. The number of fused-ring (bicyclic) bond motifs is 1. The van der Waals surface area contributed by atoms with E-state index in [9.17, 15) is 13.6 Å². The molecule has 1 unspecified atom stereocenters. The summed E-state index contributed by atoms with van der Waals surface area (Å²) in [6.45, 7) is 1.81. The summed E-state index contributed by atoms with van der Waals surface area (Å²) < 4.78 is 32.3. The largest absolute Gasteiger partial charge is 0.422 e. The number of piperidine rings is 2. The minimum Gasteiger partial charge on any atom is -0.422 e. The highest BCUT2D eigenvalue weighted by molar-refractivity contribution is 5.76. The molecule has 2 aliphatic rings. The van der Waals surface area contributed by atoms with Gasteiger partial charge in [-0.1, -0.05) is 0 Å². The van der Waals surface area contributed by atoms with Crippen molar-refractivity contribution in [3.05, 3.63) is 18.3 Å². The van der Waals surface area contributed by atoms with Gasteiger partial charge in [0.05, 0.1) is 0 Å². The van der Waals surface area contributed by atoms with Gasteiger partial charge in [-0.15, -0.1) is 0 Å². The Bertz CT molecular complexity index is 751. The summed E-state index contributed by atoms with van der Waals surface area (Å²) >= 11 is 0. The van der Waals surface area contributed by atoms with Crippen molar-refractivity contribution in [1.82, 2.24) is 14.9 Å². The third-order valence-electron chi connectivity index (χ3n) is 5.25. The maximum Gasteiger partial charge on any atom is 0.299 e. The van der Waals surface area contributed by atoms with Crippen LogP contribution in [0.15, 0.2) is 22.7 Å². The molecule has 6 nitrogen and oxygen atoms in total. The Balaban J connectivity index is 1.37. The third kappa shape index (κ3) is 3.64. The van der Waals surface area contributed by atoms with Gasteiger partial charge in [-0.05, 0) is 30.9 Å². The minimum atomic E-state index is -2.63. The number of anilines is 1. The van der Waals surface area contributed by atoms with Crippen LogP contribution >= 0.6 is 0 Å². The van der Waals surface area contributed by atoms with E-state index in [4.69, 9.17) is 4.42 Å². The number of carbonyl (C=O) groups is 1. The van der Waals surface area contributed by atoms with Gasteiger partial charge >= 0.3 is 0 Å². The van der Waals surface area contributed by atoms with Crippen molar-refractivity contribution in [2.45, 2.75) is 38.0 Å². The van der Waals surface area contributed by atoms with Crippen molar-refractivity contribution in [2.24, 2.45) is 5.92 Å². The highest BCUT2D eigenvalue weighted by Crippen LogP contribution is 2.30. The standard InChI is InChI=1S/C18H22F2N4O2/c19-18(20)5-9-23(10-6-18)15(25)11-13-3-2-8-24(12-13)17-22-16-14(26-17)4-1-7-21-16/h1,4,7,13H,2-3,5-6,8-12H2. The molecule has 2 saturated heterocycles. The molecule has 0 aliphatic carbocycles. The average Bonchev–Trinajstić information content (AvgIpc) is 3.06. The van der Waals surface area contributed by atoms with Gasteiger partial charge in [0.15, 0.2) is 5.58 Å². The Morgan fingerprint density at radius 1 is 1.31 bits per heavy atom. The van der Waals surface area contributed by atoms with E-state index in [0.29, 0.717) is 30.2 Å². The molecule has 0 saturated carbocycles. The molecule has 0 N–H and O–H groups in total. The molecule has 0 radical (unpaired) electrons. The zero-order valence-electron chi connectivity index (χ0n) is 14.5. The summed E-state index contributed by atoms with van der Waals surface area (Å²) in [5.41, 5.74) is 1.23. The number of rotatable bonds is 3. The third-order valence-corrected chi connectivity index (χ3v) is 5.25. The summed E-state index contributed by atoms with van der Waals surface area (Å²) in [4.78, 5) is 24.7. The Labute approximate surface area is 150 Å². The van der Waals surface area contributed by atoms with Crippen LogP contribution in [0.1, 0.15) is 32.1 Å². The van der Waals surface area contributed by atoms with Gasteiger partial charge in [0.1, 0.15) is 0 Å². The Kier molecular flexibility index (Phi) is 4.50. The summed E-state index contributed by atoms with van der Waals surface area (Å²) in [6, 6.07) is 4.17. The molecule has 2 aromatic heterocycles. The quantitative estimate of drug-likeness (QED) is 0.838. The molecule has 140 valence electrons. The van der Waals surface area contributed by atoms with Crippen molar-refractivity contribution in [1.29, 1.82) is 0 Å². The summed E-state index contributed by atoms with van der Waals surface area (Å²) in [5, 5.41) is 0. The van der Waals surface area contributed by atoms with Crippen LogP contribution in [-0.4, -0.2) is 52.9 Å². The first-order valence-electron chi connectivity index (χ1n) is 9.12. The fourth-order valence-corrected chi connectivity index (χ4v) is 3.76. The van der Waals surface area contributed by atoms with Gasteiger partial charge in [0.25, 0.3) is 11.9 Å². The number of alkyl halides is 2. The second-order valence-corrected chi connectivity index (χ2v) is 7.22. The number of nitrogens with zero attached hydrogens (tertiary/aromatic N) is 4. The molecule has 8 heteroatoms. The Hall–Kier alpha value is -2.25. The Morgan fingerprint density at radius 3 is 2.88 bits per heavy atom. The number of likely N-dealkylation sites (tertiary alicyclic amines) is 1. The molecular weight excluding hydrogens is 342 g/mol. The number of pyridine rings is 1. The molecule has 0 spiro atoms. The van der Waals surface area contributed by atoms with Crippen LogP contribution < -0.4 is 4.90 Å². The zero-order valence-corrected chi connectivity index (χ0v) is 14.5. The lowest BCUT2D eigenvalue weighted by atomic mass is 9.94. The topological polar surface area (TPSA) is 62.5 Å². The van der Waals surface area contributed by atoms with Crippen LogP contribution in [-0.2, 0) is 4.79 Å². The Morgan fingerprint density at radius 2 is 2.12 bits per heavy atom. The maximum absolute atomic E-state index is 13.3. The first kappa shape index (κ1) is 17.2. The van der Waals surface area contributed by atoms with E-state index in [1.807, 2.05) is 11.0 Å². The number of hydrogen-bond donors (Lipinski definition) is 0. The number of halogens is 2.